The van der Waals surface area contributed by atoms with Gasteiger partial charge in [-0.2, -0.15) is 0 Å². The SMILES string of the molecule is CCCCCCCCC(N)C1OCCc2ccccc21. The van der Waals surface area contributed by atoms with Gasteiger partial charge in [-0.15, -0.1) is 0 Å². The second-order valence-corrected chi connectivity index (χ2v) is 5.96. The first-order valence-corrected chi connectivity index (χ1v) is 8.28. The molecular weight excluding hydrogens is 246 g/mol. The lowest BCUT2D eigenvalue weighted by molar-refractivity contribution is 0.0222. The van der Waals surface area contributed by atoms with Gasteiger partial charge in [-0.1, -0.05) is 69.7 Å². The largest absolute Gasteiger partial charge is 0.372 e. The van der Waals surface area contributed by atoms with Crippen molar-refractivity contribution in [2.24, 2.45) is 5.73 Å². The van der Waals surface area contributed by atoms with Gasteiger partial charge in [0.1, 0.15) is 0 Å². The van der Waals surface area contributed by atoms with E-state index >= 15 is 0 Å². The molecule has 0 bridgehead atoms. The monoisotopic (exact) mass is 275 g/mol. The Morgan fingerprint density at radius 2 is 1.90 bits per heavy atom. The van der Waals surface area contributed by atoms with Gasteiger partial charge < -0.3 is 10.5 Å². The van der Waals surface area contributed by atoms with Crippen molar-refractivity contribution in [3.05, 3.63) is 35.4 Å². The molecule has 112 valence electrons. The molecule has 2 unspecified atom stereocenters. The zero-order chi connectivity index (χ0) is 14.2. The minimum Gasteiger partial charge on any atom is -0.372 e. The lowest BCUT2D eigenvalue weighted by Crippen LogP contribution is -2.33. The Kier molecular flexibility index (Phi) is 6.55. The van der Waals surface area contributed by atoms with Crippen molar-refractivity contribution >= 4 is 0 Å². The van der Waals surface area contributed by atoms with Gasteiger partial charge in [0.25, 0.3) is 0 Å². The van der Waals surface area contributed by atoms with Crippen LogP contribution >= 0.6 is 0 Å². The van der Waals surface area contributed by atoms with Crippen LogP contribution in [0.3, 0.4) is 0 Å². The molecule has 0 aliphatic carbocycles. The van der Waals surface area contributed by atoms with Crippen LogP contribution in [0.4, 0.5) is 0 Å². The van der Waals surface area contributed by atoms with E-state index in [9.17, 15) is 0 Å². The maximum Gasteiger partial charge on any atom is 0.0978 e. The summed E-state index contributed by atoms with van der Waals surface area (Å²) in [6.07, 6.45) is 10.1. The number of unbranched alkanes of at least 4 members (excludes halogenated alkanes) is 5. The Morgan fingerprint density at radius 1 is 1.15 bits per heavy atom. The number of fused-ring (bicyclic) bond motifs is 1. The Bertz CT molecular complexity index is 391. The van der Waals surface area contributed by atoms with Crippen molar-refractivity contribution in [1.82, 2.24) is 0 Å². The summed E-state index contributed by atoms with van der Waals surface area (Å²) < 4.78 is 5.94. The molecular formula is C18H29NO. The van der Waals surface area contributed by atoms with E-state index in [0.717, 1.165) is 19.4 Å². The molecule has 1 aromatic rings. The van der Waals surface area contributed by atoms with Crippen LogP contribution in [0.1, 0.15) is 69.1 Å². The Balaban J connectivity index is 1.77. The fourth-order valence-corrected chi connectivity index (χ4v) is 3.09. The van der Waals surface area contributed by atoms with Crippen molar-refractivity contribution in [3.8, 4) is 0 Å². The summed E-state index contributed by atoms with van der Waals surface area (Å²) in [6.45, 7) is 3.07. The zero-order valence-corrected chi connectivity index (χ0v) is 12.8. The number of benzene rings is 1. The standard InChI is InChI=1S/C18H29NO/c1-2-3-4-5-6-7-12-17(19)18-16-11-9-8-10-15(16)13-14-20-18/h8-11,17-18H,2-7,12-14,19H2,1H3. The summed E-state index contributed by atoms with van der Waals surface area (Å²) >= 11 is 0. The summed E-state index contributed by atoms with van der Waals surface area (Å²) in [7, 11) is 0. The van der Waals surface area contributed by atoms with Crippen LogP contribution in [0.25, 0.3) is 0 Å². The molecule has 2 atom stereocenters. The van der Waals surface area contributed by atoms with Crippen molar-refractivity contribution in [2.45, 2.75) is 70.4 Å². The number of hydrogen-bond donors (Lipinski definition) is 1. The van der Waals surface area contributed by atoms with E-state index in [1.807, 2.05) is 0 Å². The second-order valence-electron chi connectivity index (χ2n) is 5.96. The molecule has 0 aromatic heterocycles. The van der Waals surface area contributed by atoms with Crippen molar-refractivity contribution in [3.63, 3.8) is 0 Å². The number of ether oxygens (including phenoxy) is 1. The highest BCUT2D eigenvalue weighted by atomic mass is 16.5. The van der Waals surface area contributed by atoms with Crippen molar-refractivity contribution < 1.29 is 4.74 Å². The number of hydrogen-bond acceptors (Lipinski definition) is 2. The van der Waals surface area contributed by atoms with Crippen LogP contribution in [0.5, 0.6) is 0 Å². The zero-order valence-electron chi connectivity index (χ0n) is 12.8. The van der Waals surface area contributed by atoms with E-state index in [-0.39, 0.29) is 12.1 Å². The van der Waals surface area contributed by atoms with Crippen molar-refractivity contribution in [2.75, 3.05) is 6.61 Å². The Hall–Kier alpha value is -0.860. The van der Waals surface area contributed by atoms with E-state index < -0.39 is 0 Å². The minimum absolute atomic E-state index is 0.107. The fraction of sp³-hybridized carbons (Fsp3) is 0.667. The normalized spacial score (nSPS) is 19.6. The van der Waals surface area contributed by atoms with Gasteiger partial charge >= 0.3 is 0 Å². The lowest BCUT2D eigenvalue weighted by Gasteiger charge is -2.30. The maximum atomic E-state index is 6.38. The van der Waals surface area contributed by atoms with Crippen LogP contribution in [-0.4, -0.2) is 12.6 Å². The summed E-state index contributed by atoms with van der Waals surface area (Å²) in [6, 6.07) is 8.74. The number of rotatable bonds is 8. The first kappa shape index (κ1) is 15.5. The first-order chi connectivity index (χ1) is 9.83. The Labute approximate surface area is 123 Å². The van der Waals surface area contributed by atoms with E-state index in [2.05, 4.69) is 31.2 Å². The van der Waals surface area contributed by atoms with Crippen LogP contribution in [0.15, 0.2) is 24.3 Å². The molecule has 1 aliphatic heterocycles. The van der Waals surface area contributed by atoms with E-state index in [1.165, 1.54) is 49.7 Å². The molecule has 0 amide bonds. The molecule has 2 heteroatoms. The first-order valence-electron chi connectivity index (χ1n) is 8.28. The highest BCUT2D eigenvalue weighted by molar-refractivity contribution is 5.31. The van der Waals surface area contributed by atoms with Crippen LogP contribution < -0.4 is 5.73 Å². The third kappa shape index (κ3) is 4.32. The summed E-state index contributed by atoms with van der Waals surface area (Å²) in [5, 5.41) is 0. The quantitative estimate of drug-likeness (QED) is 0.715. The van der Waals surface area contributed by atoms with Gasteiger partial charge in [-0.25, -0.2) is 0 Å². The van der Waals surface area contributed by atoms with Gasteiger partial charge in [0.2, 0.25) is 0 Å². The molecule has 1 aromatic carbocycles. The summed E-state index contributed by atoms with van der Waals surface area (Å²) in [5.41, 5.74) is 9.11. The third-order valence-electron chi connectivity index (χ3n) is 4.31. The highest BCUT2D eigenvalue weighted by Gasteiger charge is 2.25. The lowest BCUT2D eigenvalue weighted by atomic mass is 9.91. The van der Waals surface area contributed by atoms with Gasteiger partial charge in [-0.05, 0) is 24.0 Å². The average molecular weight is 275 g/mol. The van der Waals surface area contributed by atoms with Gasteiger partial charge in [0.15, 0.2) is 0 Å². The van der Waals surface area contributed by atoms with Crippen molar-refractivity contribution in [1.29, 1.82) is 0 Å². The molecule has 0 saturated carbocycles. The molecule has 2 nitrogen and oxygen atoms in total. The van der Waals surface area contributed by atoms with Crippen LogP contribution in [0, 0.1) is 0 Å². The molecule has 0 saturated heterocycles. The molecule has 2 N–H and O–H groups in total. The molecule has 1 aliphatic rings. The van der Waals surface area contributed by atoms with E-state index in [0.29, 0.717) is 0 Å². The van der Waals surface area contributed by atoms with Gasteiger partial charge in [-0.3, -0.25) is 0 Å². The smallest absolute Gasteiger partial charge is 0.0978 e. The third-order valence-corrected chi connectivity index (χ3v) is 4.31. The molecule has 0 fully saturated rings. The Morgan fingerprint density at radius 3 is 2.75 bits per heavy atom. The topological polar surface area (TPSA) is 35.2 Å². The summed E-state index contributed by atoms with van der Waals surface area (Å²) in [4.78, 5) is 0. The molecule has 2 rings (SSSR count). The summed E-state index contributed by atoms with van der Waals surface area (Å²) in [5.74, 6) is 0. The molecule has 0 spiro atoms. The fourth-order valence-electron chi connectivity index (χ4n) is 3.09. The highest BCUT2D eigenvalue weighted by Crippen LogP contribution is 2.30. The minimum atomic E-state index is 0.107. The van der Waals surface area contributed by atoms with E-state index in [1.54, 1.807) is 0 Å². The molecule has 1 heterocycles. The predicted molar refractivity (Wildman–Crippen MR) is 84.8 cm³/mol. The van der Waals surface area contributed by atoms with Crippen LogP contribution in [-0.2, 0) is 11.2 Å². The van der Waals surface area contributed by atoms with E-state index in [4.69, 9.17) is 10.5 Å². The number of nitrogens with two attached hydrogens (primary N) is 1. The predicted octanol–water partition coefficient (Wildman–Crippen LogP) is 4.38. The second kappa shape index (κ2) is 8.43. The molecule has 20 heavy (non-hydrogen) atoms. The maximum absolute atomic E-state index is 6.38. The van der Waals surface area contributed by atoms with Crippen LogP contribution in [0.2, 0.25) is 0 Å². The van der Waals surface area contributed by atoms with Gasteiger partial charge in [0, 0.05) is 6.04 Å². The average Bonchev–Trinajstić information content (AvgIpc) is 2.50. The molecule has 0 radical (unpaired) electrons. The van der Waals surface area contributed by atoms with Gasteiger partial charge in [0.05, 0.1) is 12.7 Å².